The summed E-state index contributed by atoms with van der Waals surface area (Å²) in [6, 6.07) is 5.91. The van der Waals surface area contributed by atoms with E-state index in [0.29, 0.717) is 6.54 Å². The summed E-state index contributed by atoms with van der Waals surface area (Å²) < 4.78 is 0.910. The van der Waals surface area contributed by atoms with E-state index in [9.17, 15) is 9.59 Å². The molecule has 1 rings (SSSR count). The molecule has 3 N–H and O–H groups in total. The van der Waals surface area contributed by atoms with Gasteiger partial charge in [-0.05, 0) is 17.7 Å². The van der Waals surface area contributed by atoms with Gasteiger partial charge in [0.25, 0.3) is 0 Å². The molecular formula is C13H17BrN2O4. The molecule has 0 unspecified atom stereocenters. The van der Waals surface area contributed by atoms with E-state index in [1.807, 2.05) is 24.3 Å². The number of nitrogens with zero attached hydrogens (tertiary/aromatic N) is 1. The zero-order valence-corrected chi connectivity index (χ0v) is 12.6. The molecule has 7 heteroatoms. The van der Waals surface area contributed by atoms with Gasteiger partial charge in [-0.15, -0.1) is 0 Å². The fourth-order valence-electron chi connectivity index (χ4n) is 1.63. The lowest BCUT2D eigenvalue weighted by Crippen LogP contribution is -2.46. The second kappa shape index (κ2) is 7.86. The molecule has 1 atom stereocenters. The zero-order valence-electron chi connectivity index (χ0n) is 11.0. The molecule has 0 spiro atoms. The van der Waals surface area contributed by atoms with Crippen LogP contribution >= 0.6 is 15.9 Å². The van der Waals surface area contributed by atoms with Crippen molar-refractivity contribution in [3.8, 4) is 0 Å². The molecule has 0 heterocycles. The number of carboxylic acid groups (broad SMARTS) is 1. The highest BCUT2D eigenvalue weighted by Crippen LogP contribution is 2.13. The Kier molecular flexibility index (Phi) is 6.47. The number of hydrogen-bond acceptors (Lipinski definition) is 3. The molecule has 6 nitrogen and oxygen atoms in total. The molecule has 110 valence electrons. The molecule has 0 fully saturated rings. The first-order valence-electron chi connectivity index (χ1n) is 6.03. The van der Waals surface area contributed by atoms with Crippen molar-refractivity contribution in [1.82, 2.24) is 10.2 Å². The van der Waals surface area contributed by atoms with Crippen molar-refractivity contribution in [3.05, 3.63) is 34.3 Å². The highest BCUT2D eigenvalue weighted by molar-refractivity contribution is 9.10. The molecular weight excluding hydrogens is 328 g/mol. The summed E-state index contributed by atoms with van der Waals surface area (Å²) in [6.45, 7) is 0.0589. The maximum atomic E-state index is 11.9. The van der Waals surface area contributed by atoms with Gasteiger partial charge >= 0.3 is 12.0 Å². The fraction of sp³-hybridized carbons (Fsp3) is 0.385. The van der Waals surface area contributed by atoms with Crippen LogP contribution in [0.4, 0.5) is 4.79 Å². The molecule has 2 amide bonds. The van der Waals surface area contributed by atoms with Crippen LogP contribution in [0.25, 0.3) is 0 Å². The highest BCUT2D eigenvalue weighted by Gasteiger charge is 2.21. The molecule has 0 aliphatic heterocycles. The lowest BCUT2D eigenvalue weighted by Gasteiger charge is -2.21. The molecule has 0 aromatic heterocycles. The van der Waals surface area contributed by atoms with E-state index in [-0.39, 0.29) is 13.0 Å². The number of halogens is 1. The Morgan fingerprint density at radius 2 is 2.15 bits per heavy atom. The van der Waals surface area contributed by atoms with Crippen molar-refractivity contribution in [3.63, 3.8) is 0 Å². The second-order valence-corrected chi connectivity index (χ2v) is 5.25. The summed E-state index contributed by atoms with van der Waals surface area (Å²) in [5, 5.41) is 20.0. The topological polar surface area (TPSA) is 89.9 Å². The number of aliphatic hydroxyl groups excluding tert-OH is 1. The first-order valence-corrected chi connectivity index (χ1v) is 6.83. The summed E-state index contributed by atoms with van der Waals surface area (Å²) in [4.78, 5) is 24.2. The van der Waals surface area contributed by atoms with Crippen molar-refractivity contribution in [2.24, 2.45) is 0 Å². The predicted molar refractivity (Wildman–Crippen MR) is 77.3 cm³/mol. The van der Waals surface area contributed by atoms with Gasteiger partial charge in [0.1, 0.15) is 6.04 Å². The number of carbonyl (C=O) groups excluding carboxylic acids is 1. The summed E-state index contributed by atoms with van der Waals surface area (Å²) in [7, 11) is 1.58. The molecule has 0 saturated heterocycles. The Morgan fingerprint density at radius 1 is 1.45 bits per heavy atom. The monoisotopic (exact) mass is 344 g/mol. The quantitative estimate of drug-likeness (QED) is 0.728. The Labute approximate surface area is 125 Å². The Bertz CT molecular complexity index is 481. The number of aliphatic carboxylic acids is 1. The van der Waals surface area contributed by atoms with Gasteiger partial charge in [-0.25, -0.2) is 9.59 Å². The fourth-order valence-corrected chi connectivity index (χ4v) is 2.07. The van der Waals surface area contributed by atoms with E-state index in [2.05, 4.69) is 21.2 Å². The van der Waals surface area contributed by atoms with Crippen molar-refractivity contribution in [2.75, 3.05) is 13.7 Å². The third-order valence-electron chi connectivity index (χ3n) is 2.67. The van der Waals surface area contributed by atoms with Crippen LogP contribution in [-0.4, -0.2) is 46.8 Å². The van der Waals surface area contributed by atoms with Crippen LogP contribution in [0.1, 0.15) is 12.0 Å². The number of amides is 2. The normalized spacial score (nSPS) is 11.8. The van der Waals surface area contributed by atoms with E-state index in [1.54, 1.807) is 7.05 Å². The van der Waals surface area contributed by atoms with Crippen molar-refractivity contribution in [2.45, 2.75) is 19.0 Å². The Balaban J connectivity index is 2.60. The zero-order chi connectivity index (χ0) is 15.1. The van der Waals surface area contributed by atoms with Gasteiger partial charge in [0.05, 0.1) is 0 Å². The van der Waals surface area contributed by atoms with Crippen molar-refractivity contribution in [1.29, 1.82) is 0 Å². The molecule has 20 heavy (non-hydrogen) atoms. The van der Waals surface area contributed by atoms with Gasteiger partial charge in [-0.3, -0.25) is 0 Å². The maximum absolute atomic E-state index is 11.9. The summed E-state index contributed by atoms with van der Waals surface area (Å²) in [5.41, 5.74) is 0.922. The van der Waals surface area contributed by atoms with Crippen LogP contribution < -0.4 is 5.32 Å². The van der Waals surface area contributed by atoms with Crippen molar-refractivity contribution < 1.29 is 19.8 Å². The standard InChI is InChI=1S/C13H17BrN2O4/c1-16(8-9-3-2-4-10(14)7-9)13(20)15-11(5-6-17)12(18)19/h2-4,7,11,17H,5-6,8H2,1H3,(H,15,20)(H,18,19)/t11-/m0/s1. The van der Waals surface area contributed by atoms with Gasteiger partial charge < -0.3 is 20.4 Å². The molecule has 1 aromatic rings. The number of carbonyl (C=O) groups is 2. The van der Waals surface area contributed by atoms with Crippen LogP contribution in [-0.2, 0) is 11.3 Å². The van der Waals surface area contributed by atoms with E-state index in [0.717, 1.165) is 10.0 Å². The minimum Gasteiger partial charge on any atom is -0.480 e. The minimum absolute atomic E-state index is 0.0220. The van der Waals surface area contributed by atoms with Gasteiger partial charge in [0.15, 0.2) is 0 Å². The number of nitrogens with one attached hydrogen (secondary N) is 1. The molecule has 0 radical (unpaired) electrons. The summed E-state index contributed by atoms with van der Waals surface area (Å²) in [5.74, 6) is -1.16. The van der Waals surface area contributed by atoms with Crippen molar-refractivity contribution >= 4 is 27.9 Å². The maximum Gasteiger partial charge on any atom is 0.326 e. The van der Waals surface area contributed by atoms with E-state index < -0.39 is 18.0 Å². The van der Waals surface area contributed by atoms with Crippen LogP contribution in [0.3, 0.4) is 0 Å². The first-order chi connectivity index (χ1) is 9.43. The smallest absolute Gasteiger partial charge is 0.326 e. The third-order valence-corrected chi connectivity index (χ3v) is 3.16. The number of benzene rings is 1. The first kappa shape index (κ1) is 16.5. The average molecular weight is 345 g/mol. The Morgan fingerprint density at radius 3 is 2.70 bits per heavy atom. The lowest BCUT2D eigenvalue weighted by molar-refractivity contribution is -0.139. The van der Waals surface area contributed by atoms with Gasteiger partial charge in [0.2, 0.25) is 0 Å². The SMILES string of the molecule is CN(Cc1cccc(Br)c1)C(=O)N[C@@H](CCO)C(=O)O. The number of rotatable bonds is 6. The summed E-state index contributed by atoms with van der Waals surface area (Å²) in [6.07, 6.45) is -0.0220. The predicted octanol–water partition coefficient (Wildman–Crippen LogP) is 1.43. The number of hydrogen-bond donors (Lipinski definition) is 3. The molecule has 1 aromatic carbocycles. The average Bonchev–Trinajstić information content (AvgIpc) is 2.37. The van der Waals surface area contributed by atoms with Gasteiger partial charge in [-0.1, -0.05) is 28.1 Å². The molecule has 0 bridgehead atoms. The number of urea groups is 1. The van der Waals surface area contributed by atoms with Crippen LogP contribution in [0.2, 0.25) is 0 Å². The van der Waals surface area contributed by atoms with Crippen LogP contribution in [0, 0.1) is 0 Å². The van der Waals surface area contributed by atoms with E-state index in [1.165, 1.54) is 4.90 Å². The minimum atomic E-state index is -1.16. The molecule has 0 saturated carbocycles. The Hall–Kier alpha value is -1.60. The second-order valence-electron chi connectivity index (χ2n) is 4.34. The highest BCUT2D eigenvalue weighted by atomic mass is 79.9. The van der Waals surface area contributed by atoms with Gasteiger partial charge in [-0.2, -0.15) is 0 Å². The number of aliphatic hydroxyl groups is 1. The third kappa shape index (κ3) is 5.18. The molecule has 0 aliphatic carbocycles. The largest absolute Gasteiger partial charge is 0.480 e. The molecule has 0 aliphatic rings. The lowest BCUT2D eigenvalue weighted by atomic mass is 10.2. The van der Waals surface area contributed by atoms with Gasteiger partial charge in [0, 0.05) is 31.1 Å². The summed E-state index contributed by atoms with van der Waals surface area (Å²) >= 11 is 3.34. The number of carboxylic acids is 1. The van der Waals surface area contributed by atoms with E-state index >= 15 is 0 Å². The van der Waals surface area contributed by atoms with E-state index in [4.69, 9.17) is 10.2 Å². The van der Waals surface area contributed by atoms with Crippen LogP contribution in [0.15, 0.2) is 28.7 Å². The van der Waals surface area contributed by atoms with Crippen LogP contribution in [0.5, 0.6) is 0 Å².